The number of ether oxygens (including phenoxy) is 1. The number of alkyl halides is 3. The van der Waals surface area contributed by atoms with Crippen molar-refractivity contribution < 1.29 is 22.7 Å². The quantitative estimate of drug-likeness (QED) is 0.279. The second-order valence-electron chi connectivity index (χ2n) is 12.5. The SMILES string of the molecule is [C-]#[N+]CC1CN(c2nc(OCC3(CN4CCCC4)CC3)nc3c2CCN(c2cccc(Cl)c2C(F)(F)F)C3)CCN1C(=O)C=C. The molecule has 2 aromatic rings. The number of hydrogen-bond donors (Lipinski definition) is 0. The minimum atomic E-state index is -4.62. The Balaban J connectivity index is 1.31. The van der Waals surface area contributed by atoms with Gasteiger partial charge in [0, 0.05) is 43.7 Å². The van der Waals surface area contributed by atoms with Crippen LogP contribution in [-0.2, 0) is 23.9 Å². The third-order valence-electron chi connectivity index (χ3n) is 9.40. The first kappa shape index (κ1) is 31.4. The summed E-state index contributed by atoms with van der Waals surface area (Å²) in [6, 6.07) is 4.07. The van der Waals surface area contributed by atoms with Crippen LogP contribution in [0.15, 0.2) is 30.9 Å². The zero-order valence-electron chi connectivity index (χ0n) is 25.2. The first-order valence-corrected chi connectivity index (χ1v) is 15.9. The van der Waals surface area contributed by atoms with Crippen LogP contribution in [0.5, 0.6) is 6.01 Å². The molecule has 13 heteroatoms. The standard InChI is InChI=1S/C32H37ClF3N7O2/c1-3-27(44)43-16-15-42(18-22(43)17-37-2)29-23-9-14-41(26-8-6-7-24(33)28(26)32(34,35)36)19-25(23)38-30(39-29)45-21-31(10-11-31)20-40-12-4-5-13-40/h3,6-8,22H,1,4-5,9-21H2. The van der Waals surface area contributed by atoms with E-state index in [0.29, 0.717) is 50.7 Å². The van der Waals surface area contributed by atoms with Gasteiger partial charge < -0.3 is 29.2 Å². The van der Waals surface area contributed by atoms with E-state index in [9.17, 15) is 18.0 Å². The van der Waals surface area contributed by atoms with Crippen LogP contribution in [0.3, 0.4) is 0 Å². The zero-order chi connectivity index (χ0) is 31.8. The number of anilines is 2. The molecule has 6 rings (SSSR count). The molecule has 240 valence electrons. The van der Waals surface area contributed by atoms with Gasteiger partial charge in [0.15, 0.2) is 0 Å². The number of amides is 1. The topological polar surface area (TPSA) is 69.4 Å². The summed E-state index contributed by atoms with van der Waals surface area (Å²) < 4.78 is 48.6. The molecule has 1 aliphatic carbocycles. The maximum atomic E-state index is 14.1. The highest BCUT2D eigenvalue weighted by atomic mass is 35.5. The fourth-order valence-electron chi connectivity index (χ4n) is 6.85. The van der Waals surface area contributed by atoms with Crippen molar-refractivity contribution in [2.24, 2.45) is 5.41 Å². The van der Waals surface area contributed by atoms with Crippen molar-refractivity contribution in [3.63, 3.8) is 0 Å². The molecule has 4 heterocycles. The van der Waals surface area contributed by atoms with Gasteiger partial charge in [-0.1, -0.05) is 24.2 Å². The van der Waals surface area contributed by atoms with Gasteiger partial charge in [-0.3, -0.25) is 4.79 Å². The van der Waals surface area contributed by atoms with Crippen LogP contribution >= 0.6 is 11.6 Å². The number of hydrogen-bond acceptors (Lipinski definition) is 7. The van der Waals surface area contributed by atoms with E-state index >= 15 is 0 Å². The predicted octanol–water partition coefficient (Wildman–Crippen LogP) is 5.09. The summed E-state index contributed by atoms with van der Waals surface area (Å²) >= 11 is 6.06. The van der Waals surface area contributed by atoms with Crippen molar-refractivity contribution in [2.45, 2.75) is 50.9 Å². The molecule has 0 N–H and O–H groups in total. The predicted molar refractivity (Wildman–Crippen MR) is 165 cm³/mol. The summed E-state index contributed by atoms with van der Waals surface area (Å²) in [6.07, 6.45) is 1.63. The minimum absolute atomic E-state index is 0.0134. The third kappa shape index (κ3) is 6.70. The molecule has 0 spiro atoms. The Kier molecular flexibility index (Phi) is 8.85. The van der Waals surface area contributed by atoms with Crippen LogP contribution in [0.1, 0.15) is 42.5 Å². The van der Waals surface area contributed by atoms with Gasteiger partial charge in [-0.25, -0.2) is 6.57 Å². The van der Waals surface area contributed by atoms with Gasteiger partial charge in [-0.2, -0.15) is 23.1 Å². The van der Waals surface area contributed by atoms with E-state index in [1.807, 2.05) is 0 Å². The van der Waals surface area contributed by atoms with Gasteiger partial charge in [-0.15, -0.1) is 0 Å². The number of piperazine rings is 1. The zero-order valence-corrected chi connectivity index (χ0v) is 25.9. The van der Waals surface area contributed by atoms with E-state index in [1.165, 1.54) is 37.1 Å². The Hall–Kier alpha value is -3.56. The van der Waals surface area contributed by atoms with E-state index in [4.69, 9.17) is 32.9 Å². The third-order valence-corrected chi connectivity index (χ3v) is 9.72. The number of fused-ring (bicyclic) bond motifs is 1. The summed E-state index contributed by atoms with van der Waals surface area (Å²) in [5, 5.41) is -0.344. The average molecular weight is 644 g/mol. The highest BCUT2D eigenvalue weighted by molar-refractivity contribution is 6.31. The average Bonchev–Trinajstić information content (AvgIpc) is 3.59. The monoisotopic (exact) mass is 643 g/mol. The molecule has 3 aliphatic heterocycles. The van der Waals surface area contributed by atoms with Gasteiger partial charge in [0.05, 0.1) is 35.1 Å². The second-order valence-corrected chi connectivity index (χ2v) is 12.9. The van der Waals surface area contributed by atoms with Gasteiger partial charge in [0.1, 0.15) is 11.9 Å². The Morgan fingerprint density at radius 3 is 2.62 bits per heavy atom. The number of aromatic nitrogens is 2. The Morgan fingerprint density at radius 1 is 1.16 bits per heavy atom. The van der Waals surface area contributed by atoms with Crippen molar-refractivity contribution in [2.75, 3.05) is 68.8 Å². The van der Waals surface area contributed by atoms with Gasteiger partial charge in [-0.05, 0) is 63.4 Å². The fraction of sp³-hybridized carbons (Fsp3) is 0.562. The van der Waals surface area contributed by atoms with E-state index in [-0.39, 0.29) is 47.2 Å². The summed E-state index contributed by atoms with van der Waals surface area (Å²) in [5.41, 5.74) is 0.667. The molecular weight excluding hydrogens is 607 g/mol. The number of carbonyl (C=O) groups is 1. The summed E-state index contributed by atoms with van der Waals surface area (Å²) in [7, 11) is 0. The molecule has 2 saturated heterocycles. The number of likely N-dealkylation sites (tertiary alicyclic amines) is 1. The summed E-state index contributed by atoms with van der Waals surface area (Å²) in [5.74, 6) is 0.435. The molecule has 1 saturated carbocycles. The normalized spacial score (nSPS) is 21.3. The van der Waals surface area contributed by atoms with Crippen molar-refractivity contribution in [3.05, 3.63) is 64.1 Å². The van der Waals surface area contributed by atoms with Gasteiger partial charge >= 0.3 is 12.2 Å². The lowest BCUT2D eigenvalue weighted by Gasteiger charge is -2.41. The molecule has 1 atom stereocenters. The summed E-state index contributed by atoms with van der Waals surface area (Å²) in [6.45, 7) is 16.6. The molecule has 1 aromatic heterocycles. The number of nitrogens with zero attached hydrogens (tertiary/aromatic N) is 7. The maximum Gasteiger partial charge on any atom is 0.419 e. The Bertz CT molecular complexity index is 1490. The van der Waals surface area contributed by atoms with Crippen molar-refractivity contribution in [1.82, 2.24) is 19.8 Å². The lowest BCUT2D eigenvalue weighted by Crippen LogP contribution is -2.56. The lowest BCUT2D eigenvalue weighted by atomic mass is 10.0. The fourth-order valence-corrected chi connectivity index (χ4v) is 7.13. The second kappa shape index (κ2) is 12.7. The molecule has 9 nitrogen and oxygen atoms in total. The number of carbonyl (C=O) groups excluding carboxylic acids is 1. The van der Waals surface area contributed by atoms with E-state index in [0.717, 1.165) is 38.0 Å². The molecule has 0 bridgehead atoms. The molecular formula is C32H37ClF3N7O2. The van der Waals surface area contributed by atoms with Crippen molar-refractivity contribution in [3.8, 4) is 6.01 Å². The highest BCUT2D eigenvalue weighted by Gasteiger charge is 2.45. The minimum Gasteiger partial charge on any atom is -0.463 e. The maximum absolute atomic E-state index is 14.1. The van der Waals surface area contributed by atoms with E-state index in [1.54, 1.807) is 9.80 Å². The highest BCUT2D eigenvalue weighted by Crippen LogP contribution is 2.47. The van der Waals surface area contributed by atoms with Crippen LogP contribution in [0, 0.1) is 12.0 Å². The van der Waals surface area contributed by atoms with Crippen LogP contribution in [-0.4, -0.2) is 90.7 Å². The van der Waals surface area contributed by atoms with E-state index < -0.39 is 11.7 Å². The van der Waals surface area contributed by atoms with Crippen LogP contribution in [0.2, 0.25) is 5.02 Å². The number of benzene rings is 1. The van der Waals surface area contributed by atoms with Crippen molar-refractivity contribution >= 4 is 29.0 Å². The summed E-state index contributed by atoms with van der Waals surface area (Å²) in [4.78, 5) is 33.6. The largest absolute Gasteiger partial charge is 0.463 e. The molecule has 45 heavy (non-hydrogen) atoms. The first-order chi connectivity index (χ1) is 21.6. The smallest absolute Gasteiger partial charge is 0.419 e. The molecule has 0 radical (unpaired) electrons. The first-order valence-electron chi connectivity index (χ1n) is 15.5. The Labute approximate surface area is 266 Å². The van der Waals surface area contributed by atoms with Crippen molar-refractivity contribution in [1.29, 1.82) is 0 Å². The van der Waals surface area contributed by atoms with Crippen LogP contribution in [0.4, 0.5) is 24.7 Å². The number of halogens is 4. The van der Waals surface area contributed by atoms with E-state index in [2.05, 4.69) is 21.2 Å². The molecule has 1 amide bonds. The Morgan fingerprint density at radius 2 is 1.93 bits per heavy atom. The molecule has 4 aliphatic rings. The molecule has 1 unspecified atom stereocenters. The van der Waals surface area contributed by atoms with Crippen LogP contribution < -0.4 is 14.5 Å². The molecule has 3 fully saturated rings. The lowest BCUT2D eigenvalue weighted by molar-refractivity contribution is -0.137. The van der Waals surface area contributed by atoms with Gasteiger partial charge in [0.2, 0.25) is 12.5 Å². The van der Waals surface area contributed by atoms with Crippen LogP contribution in [0.25, 0.3) is 4.85 Å². The molecule has 1 aromatic carbocycles. The van der Waals surface area contributed by atoms with Gasteiger partial charge in [0.25, 0.3) is 0 Å². The number of rotatable bonds is 9.